The van der Waals surface area contributed by atoms with Crippen molar-refractivity contribution >= 4 is 34.8 Å². The topological polar surface area (TPSA) is 70.7 Å². The molecule has 0 aliphatic rings. The van der Waals surface area contributed by atoms with E-state index in [1.807, 2.05) is 20.8 Å². The average Bonchev–Trinajstić information content (AvgIpc) is 2.96. The Morgan fingerprint density at radius 3 is 2.85 bits per heavy atom. The van der Waals surface area contributed by atoms with Crippen molar-refractivity contribution in [3.63, 3.8) is 0 Å². The summed E-state index contributed by atoms with van der Waals surface area (Å²) >= 11 is 3.38. The Hall–Kier alpha value is -1.34. The zero-order valence-electron chi connectivity index (χ0n) is 11.8. The molecule has 0 aromatic carbocycles. The Morgan fingerprint density at radius 2 is 2.25 bits per heavy atom. The SMILES string of the molecule is Cc1nc(CSCCC(=O)Nc2n[nH]c(C)c2C)cs1. The molecule has 0 aliphatic carbocycles. The van der Waals surface area contributed by atoms with E-state index in [-0.39, 0.29) is 5.91 Å². The maximum Gasteiger partial charge on any atom is 0.226 e. The maximum absolute atomic E-state index is 11.8. The van der Waals surface area contributed by atoms with Crippen molar-refractivity contribution in [1.82, 2.24) is 15.2 Å². The van der Waals surface area contributed by atoms with E-state index in [0.717, 1.165) is 33.5 Å². The third kappa shape index (κ3) is 4.08. The number of carbonyl (C=O) groups is 1. The largest absolute Gasteiger partial charge is 0.309 e. The Kier molecular flexibility index (Phi) is 5.19. The van der Waals surface area contributed by atoms with E-state index in [1.165, 1.54) is 0 Å². The number of rotatable bonds is 6. The van der Waals surface area contributed by atoms with E-state index in [2.05, 4.69) is 25.9 Å². The zero-order valence-corrected chi connectivity index (χ0v) is 13.5. The van der Waals surface area contributed by atoms with Gasteiger partial charge in [0.05, 0.1) is 10.7 Å². The molecule has 0 spiro atoms. The first-order valence-corrected chi connectivity index (χ1v) is 8.40. The van der Waals surface area contributed by atoms with Gasteiger partial charge in [0, 0.05) is 34.6 Å². The van der Waals surface area contributed by atoms with Gasteiger partial charge in [-0.3, -0.25) is 9.89 Å². The van der Waals surface area contributed by atoms with E-state index in [9.17, 15) is 4.79 Å². The van der Waals surface area contributed by atoms with Crippen LogP contribution >= 0.6 is 23.1 Å². The molecule has 2 aromatic rings. The van der Waals surface area contributed by atoms with Gasteiger partial charge in [-0.25, -0.2) is 4.98 Å². The molecular weight excluding hydrogens is 292 g/mol. The smallest absolute Gasteiger partial charge is 0.226 e. The second-order valence-electron chi connectivity index (χ2n) is 4.53. The van der Waals surface area contributed by atoms with Gasteiger partial charge in [0.15, 0.2) is 5.82 Å². The summed E-state index contributed by atoms with van der Waals surface area (Å²) < 4.78 is 0. The monoisotopic (exact) mass is 310 g/mol. The number of thioether (sulfide) groups is 1. The number of anilines is 1. The zero-order chi connectivity index (χ0) is 14.5. The van der Waals surface area contributed by atoms with Crippen molar-refractivity contribution in [2.45, 2.75) is 32.9 Å². The third-order valence-corrected chi connectivity index (χ3v) is 4.72. The lowest BCUT2D eigenvalue weighted by molar-refractivity contribution is -0.115. The van der Waals surface area contributed by atoms with Gasteiger partial charge in [-0.05, 0) is 20.8 Å². The number of thiazole rings is 1. The predicted molar refractivity (Wildman–Crippen MR) is 84.3 cm³/mol. The second kappa shape index (κ2) is 6.90. The van der Waals surface area contributed by atoms with Crippen molar-refractivity contribution < 1.29 is 4.79 Å². The van der Waals surface area contributed by atoms with Crippen LogP contribution in [0.4, 0.5) is 5.82 Å². The number of amides is 1. The summed E-state index contributed by atoms with van der Waals surface area (Å²) in [6, 6.07) is 0. The maximum atomic E-state index is 11.8. The molecule has 2 rings (SSSR count). The Bertz CT molecular complexity index is 591. The first kappa shape index (κ1) is 15.1. The summed E-state index contributed by atoms with van der Waals surface area (Å²) in [6.07, 6.45) is 0.485. The van der Waals surface area contributed by atoms with Crippen LogP contribution in [0.5, 0.6) is 0 Å². The van der Waals surface area contributed by atoms with Gasteiger partial charge in [0.2, 0.25) is 5.91 Å². The van der Waals surface area contributed by atoms with Crippen LogP contribution in [-0.2, 0) is 10.5 Å². The number of nitrogens with one attached hydrogen (secondary N) is 2. The van der Waals surface area contributed by atoms with Crippen molar-refractivity contribution in [1.29, 1.82) is 0 Å². The first-order chi connectivity index (χ1) is 9.56. The number of aryl methyl sites for hydroxylation is 2. The van der Waals surface area contributed by atoms with Gasteiger partial charge in [-0.15, -0.1) is 11.3 Å². The molecule has 7 heteroatoms. The van der Waals surface area contributed by atoms with E-state index in [1.54, 1.807) is 23.1 Å². The number of hydrogen-bond acceptors (Lipinski definition) is 5. The minimum Gasteiger partial charge on any atom is -0.309 e. The molecule has 108 valence electrons. The molecule has 1 amide bonds. The highest BCUT2D eigenvalue weighted by molar-refractivity contribution is 7.98. The van der Waals surface area contributed by atoms with Crippen molar-refractivity contribution in [2.24, 2.45) is 0 Å². The van der Waals surface area contributed by atoms with Crippen molar-refractivity contribution in [2.75, 3.05) is 11.1 Å². The molecule has 0 bridgehead atoms. The standard InChI is InChI=1S/C13H18N4OS2/c1-8-9(2)16-17-13(8)15-12(18)4-5-19-6-11-7-20-10(3)14-11/h7H,4-6H2,1-3H3,(H2,15,16,17,18). The molecule has 2 N–H and O–H groups in total. The fourth-order valence-corrected chi connectivity index (χ4v) is 3.17. The lowest BCUT2D eigenvalue weighted by atomic mass is 10.3. The summed E-state index contributed by atoms with van der Waals surface area (Å²) in [5.41, 5.74) is 3.06. The minimum absolute atomic E-state index is 0.00144. The lowest BCUT2D eigenvalue weighted by Gasteiger charge is -2.03. The van der Waals surface area contributed by atoms with E-state index in [4.69, 9.17) is 0 Å². The fraction of sp³-hybridized carbons (Fsp3) is 0.462. The van der Waals surface area contributed by atoms with Crippen LogP contribution in [0.1, 0.15) is 28.4 Å². The molecule has 5 nitrogen and oxygen atoms in total. The third-order valence-electron chi connectivity index (χ3n) is 2.90. The second-order valence-corrected chi connectivity index (χ2v) is 6.70. The fourth-order valence-electron chi connectivity index (χ4n) is 1.62. The van der Waals surface area contributed by atoms with Crippen LogP contribution in [-0.4, -0.2) is 26.8 Å². The Morgan fingerprint density at radius 1 is 1.45 bits per heavy atom. The minimum atomic E-state index is 0.00144. The van der Waals surface area contributed by atoms with E-state index in [0.29, 0.717) is 12.2 Å². The van der Waals surface area contributed by atoms with E-state index >= 15 is 0 Å². The van der Waals surface area contributed by atoms with Crippen LogP contribution in [0.25, 0.3) is 0 Å². The number of H-pyrrole nitrogens is 1. The quantitative estimate of drug-likeness (QED) is 0.805. The molecule has 2 heterocycles. The van der Waals surface area contributed by atoms with Gasteiger partial charge in [0.25, 0.3) is 0 Å². The van der Waals surface area contributed by atoms with Crippen LogP contribution < -0.4 is 5.32 Å². The van der Waals surface area contributed by atoms with Gasteiger partial charge >= 0.3 is 0 Å². The van der Waals surface area contributed by atoms with Crippen molar-refractivity contribution in [3.05, 3.63) is 27.3 Å². The molecule has 0 unspecified atom stereocenters. The molecule has 0 fully saturated rings. The number of aromatic nitrogens is 3. The van der Waals surface area contributed by atoms with Gasteiger partial charge in [0.1, 0.15) is 0 Å². The molecular formula is C13H18N4OS2. The molecule has 0 radical (unpaired) electrons. The highest BCUT2D eigenvalue weighted by Gasteiger charge is 2.09. The van der Waals surface area contributed by atoms with Crippen LogP contribution in [0.3, 0.4) is 0 Å². The average molecular weight is 310 g/mol. The molecule has 0 aliphatic heterocycles. The van der Waals surface area contributed by atoms with Gasteiger partial charge in [-0.2, -0.15) is 16.9 Å². The van der Waals surface area contributed by atoms with Crippen LogP contribution in [0, 0.1) is 20.8 Å². The van der Waals surface area contributed by atoms with Crippen molar-refractivity contribution in [3.8, 4) is 0 Å². The number of carbonyl (C=O) groups excluding carboxylic acids is 1. The van der Waals surface area contributed by atoms with Crippen LogP contribution in [0.15, 0.2) is 5.38 Å². The summed E-state index contributed by atoms with van der Waals surface area (Å²) in [4.78, 5) is 16.2. The summed E-state index contributed by atoms with van der Waals surface area (Å²) in [6.45, 7) is 5.87. The normalized spacial score (nSPS) is 10.8. The summed E-state index contributed by atoms with van der Waals surface area (Å²) in [7, 11) is 0. The lowest BCUT2D eigenvalue weighted by Crippen LogP contribution is -2.13. The first-order valence-electron chi connectivity index (χ1n) is 6.36. The predicted octanol–water partition coefficient (Wildman–Crippen LogP) is 3.05. The molecule has 0 saturated carbocycles. The summed E-state index contributed by atoms with van der Waals surface area (Å²) in [5.74, 6) is 2.28. The highest BCUT2D eigenvalue weighted by atomic mass is 32.2. The van der Waals surface area contributed by atoms with Crippen LogP contribution in [0.2, 0.25) is 0 Å². The molecule has 0 saturated heterocycles. The molecule has 0 atom stereocenters. The van der Waals surface area contributed by atoms with Gasteiger partial charge < -0.3 is 5.32 Å². The van der Waals surface area contributed by atoms with Gasteiger partial charge in [-0.1, -0.05) is 0 Å². The Balaban J connectivity index is 1.69. The number of nitrogens with zero attached hydrogens (tertiary/aromatic N) is 2. The molecule has 2 aromatic heterocycles. The number of hydrogen-bond donors (Lipinski definition) is 2. The highest BCUT2D eigenvalue weighted by Crippen LogP contribution is 2.17. The summed E-state index contributed by atoms with van der Waals surface area (Å²) in [5, 5.41) is 12.9. The number of aromatic amines is 1. The van der Waals surface area contributed by atoms with E-state index < -0.39 is 0 Å². The molecule has 20 heavy (non-hydrogen) atoms. The Labute approximate surface area is 126 Å².